The molecule has 0 fully saturated rings. The largest absolute Gasteiger partial charge is 0.310 e. The molecule has 2 aromatic rings. The van der Waals surface area contributed by atoms with Crippen LogP contribution in [0.5, 0.6) is 0 Å². The predicted molar refractivity (Wildman–Crippen MR) is 95.5 cm³/mol. The number of benzene rings is 1. The Morgan fingerprint density at radius 1 is 1.35 bits per heavy atom. The number of halogens is 1. The molecule has 108 valence electrons. The third-order valence-corrected chi connectivity index (χ3v) is 5.61. The van der Waals surface area contributed by atoms with E-state index in [4.69, 9.17) is 0 Å². The van der Waals surface area contributed by atoms with E-state index in [1.165, 1.54) is 20.4 Å². The highest BCUT2D eigenvalue weighted by molar-refractivity contribution is 14.1. The van der Waals surface area contributed by atoms with Gasteiger partial charge in [0.25, 0.3) is 0 Å². The van der Waals surface area contributed by atoms with Gasteiger partial charge in [0.05, 0.1) is 10.7 Å². The van der Waals surface area contributed by atoms with Crippen LogP contribution in [0.3, 0.4) is 0 Å². The minimum absolute atomic E-state index is 0.350. The smallest absolute Gasteiger partial charge is 0.0897 e. The fourth-order valence-electron chi connectivity index (χ4n) is 2.26. The van der Waals surface area contributed by atoms with Crippen LogP contribution in [0, 0.1) is 17.4 Å². The Morgan fingerprint density at radius 2 is 2.15 bits per heavy atom. The first-order valence-corrected chi connectivity index (χ1v) is 8.97. The van der Waals surface area contributed by atoms with Crippen molar-refractivity contribution in [2.45, 2.75) is 39.7 Å². The Bertz CT molecular complexity index is 565. The summed E-state index contributed by atoms with van der Waals surface area (Å²) in [5, 5.41) is 7.00. The van der Waals surface area contributed by atoms with Gasteiger partial charge in [0.1, 0.15) is 0 Å². The van der Waals surface area contributed by atoms with Crippen molar-refractivity contribution in [2.75, 3.05) is 6.54 Å². The van der Waals surface area contributed by atoms with E-state index in [2.05, 4.69) is 77.2 Å². The number of aryl methyl sites for hydroxylation is 2. The first-order valence-electron chi connectivity index (χ1n) is 7.01. The molecule has 1 N–H and O–H groups in total. The van der Waals surface area contributed by atoms with Crippen LogP contribution in [0.2, 0.25) is 0 Å². The van der Waals surface area contributed by atoms with Gasteiger partial charge in [0, 0.05) is 21.4 Å². The minimum Gasteiger partial charge on any atom is -0.310 e. The van der Waals surface area contributed by atoms with Gasteiger partial charge in [0.2, 0.25) is 0 Å². The lowest BCUT2D eigenvalue weighted by atomic mass is 10.0. The molecule has 1 atom stereocenters. The first-order chi connectivity index (χ1) is 9.61. The number of nitrogens with zero attached hydrogens (tertiary/aromatic N) is 1. The molecule has 0 aliphatic heterocycles. The molecular weight excluding hydrogens is 379 g/mol. The lowest BCUT2D eigenvalue weighted by molar-refractivity contribution is 0.523. The molecule has 0 bridgehead atoms. The number of rotatable bonds is 6. The van der Waals surface area contributed by atoms with E-state index in [1.54, 1.807) is 11.3 Å². The summed E-state index contributed by atoms with van der Waals surface area (Å²) in [6.45, 7) is 7.49. The molecule has 0 saturated carbocycles. The number of hydrogen-bond acceptors (Lipinski definition) is 3. The van der Waals surface area contributed by atoms with E-state index in [1.807, 2.05) is 0 Å². The van der Waals surface area contributed by atoms with Crippen LogP contribution >= 0.6 is 33.9 Å². The third-order valence-electron chi connectivity index (χ3n) is 3.32. The maximum atomic E-state index is 4.61. The number of nitrogens with one attached hydrogen (secondary N) is 1. The third kappa shape index (κ3) is 4.02. The summed E-state index contributed by atoms with van der Waals surface area (Å²) in [5.41, 5.74) is 3.93. The van der Waals surface area contributed by atoms with E-state index in [0.29, 0.717) is 6.04 Å². The van der Waals surface area contributed by atoms with Crippen molar-refractivity contribution in [2.24, 2.45) is 0 Å². The molecule has 0 amide bonds. The number of hydrogen-bond donors (Lipinski definition) is 1. The van der Waals surface area contributed by atoms with Crippen LogP contribution in [0.1, 0.15) is 41.2 Å². The van der Waals surface area contributed by atoms with Crippen LogP contribution in [-0.2, 0) is 6.42 Å². The van der Waals surface area contributed by atoms with E-state index >= 15 is 0 Å². The van der Waals surface area contributed by atoms with Crippen LogP contribution in [-0.4, -0.2) is 11.5 Å². The molecule has 2 nitrogen and oxygen atoms in total. The van der Waals surface area contributed by atoms with E-state index < -0.39 is 0 Å². The molecular formula is C16H21IN2S. The molecule has 0 spiro atoms. The molecule has 2 rings (SSSR count). The van der Waals surface area contributed by atoms with E-state index in [-0.39, 0.29) is 0 Å². The topological polar surface area (TPSA) is 24.9 Å². The highest BCUT2D eigenvalue weighted by Crippen LogP contribution is 2.26. The molecule has 0 aliphatic rings. The van der Waals surface area contributed by atoms with Gasteiger partial charge in [-0.1, -0.05) is 25.1 Å². The van der Waals surface area contributed by atoms with Crippen LogP contribution in [0.15, 0.2) is 23.6 Å². The SMILES string of the molecule is CCCNC(Cc1csc(C)n1)c1cccc(C)c1I. The van der Waals surface area contributed by atoms with Crippen LogP contribution in [0.4, 0.5) is 0 Å². The average molecular weight is 400 g/mol. The second-order valence-electron chi connectivity index (χ2n) is 5.05. The molecule has 20 heavy (non-hydrogen) atoms. The first kappa shape index (κ1) is 15.9. The lowest BCUT2D eigenvalue weighted by Crippen LogP contribution is -2.25. The Kier molecular flexibility index (Phi) is 5.99. The molecule has 1 heterocycles. The summed E-state index contributed by atoms with van der Waals surface area (Å²) < 4.78 is 1.37. The van der Waals surface area contributed by atoms with Crippen molar-refractivity contribution in [1.82, 2.24) is 10.3 Å². The zero-order valence-corrected chi connectivity index (χ0v) is 15.2. The van der Waals surface area contributed by atoms with Crippen molar-refractivity contribution in [3.8, 4) is 0 Å². The number of aromatic nitrogens is 1. The lowest BCUT2D eigenvalue weighted by Gasteiger charge is -2.20. The Hall–Kier alpha value is -0.460. The summed E-state index contributed by atoms with van der Waals surface area (Å²) in [5.74, 6) is 0. The van der Waals surface area contributed by atoms with Crippen molar-refractivity contribution in [1.29, 1.82) is 0 Å². The van der Waals surface area contributed by atoms with Gasteiger partial charge in [-0.05, 0) is 60.5 Å². The van der Waals surface area contributed by atoms with Gasteiger partial charge in [-0.2, -0.15) is 0 Å². The van der Waals surface area contributed by atoms with Gasteiger partial charge in [0.15, 0.2) is 0 Å². The van der Waals surface area contributed by atoms with E-state index in [9.17, 15) is 0 Å². The summed E-state index contributed by atoms with van der Waals surface area (Å²) in [7, 11) is 0. The van der Waals surface area contributed by atoms with Gasteiger partial charge in [-0.25, -0.2) is 4.98 Å². The van der Waals surface area contributed by atoms with Gasteiger partial charge in [-0.15, -0.1) is 11.3 Å². The van der Waals surface area contributed by atoms with Crippen molar-refractivity contribution < 1.29 is 0 Å². The number of thiazole rings is 1. The second-order valence-corrected chi connectivity index (χ2v) is 7.19. The van der Waals surface area contributed by atoms with Crippen LogP contribution in [0.25, 0.3) is 0 Å². The minimum atomic E-state index is 0.350. The van der Waals surface area contributed by atoms with Crippen molar-refractivity contribution >= 4 is 33.9 Å². The average Bonchev–Trinajstić information content (AvgIpc) is 2.83. The Morgan fingerprint density at radius 3 is 2.80 bits per heavy atom. The molecule has 4 heteroatoms. The molecule has 1 aromatic carbocycles. The quantitative estimate of drug-likeness (QED) is 0.715. The maximum Gasteiger partial charge on any atom is 0.0897 e. The van der Waals surface area contributed by atoms with Gasteiger partial charge < -0.3 is 5.32 Å². The maximum absolute atomic E-state index is 4.61. The van der Waals surface area contributed by atoms with E-state index in [0.717, 1.165) is 24.4 Å². The molecule has 1 aromatic heterocycles. The highest BCUT2D eigenvalue weighted by Gasteiger charge is 2.16. The van der Waals surface area contributed by atoms with Crippen molar-refractivity contribution in [3.05, 3.63) is 49.0 Å². The fraction of sp³-hybridized carbons (Fsp3) is 0.438. The summed E-state index contributed by atoms with van der Waals surface area (Å²) >= 11 is 4.19. The highest BCUT2D eigenvalue weighted by atomic mass is 127. The summed E-state index contributed by atoms with van der Waals surface area (Å²) in [6.07, 6.45) is 2.11. The standard InChI is InChI=1S/C16H21IN2S/c1-4-8-18-15(9-13-10-20-12(3)19-13)14-7-5-6-11(2)16(14)17/h5-7,10,15,18H,4,8-9H2,1-3H3. The Balaban J connectivity index is 2.24. The van der Waals surface area contributed by atoms with Gasteiger partial charge in [-0.3, -0.25) is 0 Å². The van der Waals surface area contributed by atoms with Crippen molar-refractivity contribution in [3.63, 3.8) is 0 Å². The summed E-state index contributed by atoms with van der Waals surface area (Å²) in [6, 6.07) is 6.92. The Labute approximate surface area is 139 Å². The molecule has 0 saturated heterocycles. The second kappa shape index (κ2) is 7.52. The zero-order chi connectivity index (χ0) is 14.5. The molecule has 1 unspecified atom stereocenters. The van der Waals surface area contributed by atoms with Gasteiger partial charge >= 0.3 is 0 Å². The summed E-state index contributed by atoms with van der Waals surface area (Å²) in [4.78, 5) is 4.61. The monoisotopic (exact) mass is 400 g/mol. The predicted octanol–water partition coefficient (Wildman–Crippen LogP) is 4.65. The molecule has 0 radical (unpaired) electrons. The zero-order valence-electron chi connectivity index (χ0n) is 12.2. The molecule has 0 aliphatic carbocycles. The fourth-order valence-corrected chi connectivity index (χ4v) is 3.62. The van der Waals surface area contributed by atoms with Crippen LogP contribution < -0.4 is 5.32 Å². The normalized spacial score (nSPS) is 12.6.